The van der Waals surface area contributed by atoms with Crippen molar-refractivity contribution in [3.8, 4) is 0 Å². The monoisotopic (exact) mass is 270 g/mol. The highest BCUT2D eigenvalue weighted by molar-refractivity contribution is 6.05. The molecule has 104 valence electrons. The van der Waals surface area contributed by atoms with E-state index in [2.05, 4.69) is 13.0 Å². The Labute approximate surface area is 118 Å². The summed E-state index contributed by atoms with van der Waals surface area (Å²) >= 11 is 0. The number of nitrogens with zero attached hydrogens (tertiary/aromatic N) is 1. The van der Waals surface area contributed by atoms with Gasteiger partial charge in [0, 0.05) is 12.2 Å². The van der Waals surface area contributed by atoms with E-state index in [-0.39, 0.29) is 5.91 Å². The van der Waals surface area contributed by atoms with Crippen LogP contribution in [-0.4, -0.2) is 12.5 Å². The molecule has 0 saturated carbocycles. The van der Waals surface area contributed by atoms with E-state index in [4.69, 9.17) is 10.2 Å². The van der Waals surface area contributed by atoms with Gasteiger partial charge in [0.15, 0.2) is 5.76 Å². The predicted molar refractivity (Wildman–Crippen MR) is 77.6 cm³/mol. The molecule has 1 aromatic carbocycles. The summed E-state index contributed by atoms with van der Waals surface area (Å²) in [7, 11) is 0. The molecule has 1 aliphatic rings. The highest BCUT2D eigenvalue weighted by atomic mass is 16.4. The molecule has 2 N–H and O–H groups in total. The molecule has 0 bridgehead atoms. The van der Waals surface area contributed by atoms with Crippen molar-refractivity contribution in [2.24, 2.45) is 11.7 Å². The summed E-state index contributed by atoms with van der Waals surface area (Å²) in [6.07, 6.45) is 1.01. The van der Waals surface area contributed by atoms with Crippen molar-refractivity contribution in [3.63, 3.8) is 0 Å². The first-order chi connectivity index (χ1) is 9.69. The maximum atomic E-state index is 12.6. The molecule has 3 rings (SSSR count). The van der Waals surface area contributed by atoms with Gasteiger partial charge in [-0.25, -0.2) is 0 Å². The molecule has 1 amide bonds. The third-order valence-corrected chi connectivity index (χ3v) is 3.66. The number of hydrogen-bond acceptors (Lipinski definition) is 3. The number of amides is 1. The Kier molecular flexibility index (Phi) is 3.32. The number of para-hydroxylation sites is 1. The van der Waals surface area contributed by atoms with Crippen LogP contribution in [0.25, 0.3) is 0 Å². The van der Waals surface area contributed by atoms with Crippen LogP contribution < -0.4 is 10.6 Å². The first-order valence-corrected chi connectivity index (χ1v) is 6.87. The second kappa shape index (κ2) is 5.13. The Morgan fingerprint density at radius 1 is 1.35 bits per heavy atom. The van der Waals surface area contributed by atoms with E-state index < -0.39 is 0 Å². The van der Waals surface area contributed by atoms with Crippen LogP contribution in [-0.2, 0) is 13.0 Å². The van der Waals surface area contributed by atoms with Crippen molar-refractivity contribution in [2.75, 3.05) is 11.4 Å². The molecule has 4 heteroatoms. The van der Waals surface area contributed by atoms with Crippen LogP contribution in [0.5, 0.6) is 0 Å². The standard InChI is InChI=1S/C16H18N2O2/c1-11-8-12-4-2-3-5-14(12)18(10-11)16(19)15-7-6-13(9-17)20-15/h2-7,11H,8-10,17H2,1H3/t11-/m0/s1. The summed E-state index contributed by atoms with van der Waals surface area (Å²) in [4.78, 5) is 14.4. The molecular formula is C16H18N2O2. The third-order valence-electron chi connectivity index (χ3n) is 3.66. The smallest absolute Gasteiger partial charge is 0.293 e. The van der Waals surface area contributed by atoms with Crippen LogP contribution in [0.4, 0.5) is 5.69 Å². The highest BCUT2D eigenvalue weighted by Crippen LogP contribution is 2.30. The Bertz CT molecular complexity index is 633. The van der Waals surface area contributed by atoms with Gasteiger partial charge in [0.25, 0.3) is 5.91 Å². The van der Waals surface area contributed by atoms with Crippen LogP contribution in [0.15, 0.2) is 40.8 Å². The van der Waals surface area contributed by atoms with E-state index in [0.717, 1.165) is 12.1 Å². The molecule has 2 heterocycles. The van der Waals surface area contributed by atoms with E-state index in [1.807, 2.05) is 23.1 Å². The fourth-order valence-corrected chi connectivity index (χ4v) is 2.72. The van der Waals surface area contributed by atoms with Crippen molar-refractivity contribution in [3.05, 3.63) is 53.5 Å². The molecule has 2 aromatic rings. The Hall–Kier alpha value is -2.07. The number of rotatable bonds is 2. The lowest BCUT2D eigenvalue weighted by Gasteiger charge is -2.32. The lowest BCUT2D eigenvalue weighted by molar-refractivity contribution is 0.0952. The summed E-state index contributed by atoms with van der Waals surface area (Å²) in [5, 5.41) is 0. The van der Waals surface area contributed by atoms with Crippen LogP contribution in [0.3, 0.4) is 0 Å². The average Bonchev–Trinajstić information content (AvgIpc) is 2.94. The molecule has 0 saturated heterocycles. The maximum Gasteiger partial charge on any atom is 0.293 e. The SMILES string of the molecule is C[C@H]1Cc2ccccc2N(C(=O)c2ccc(CN)o2)C1. The summed E-state index contributed by atoms with van der Waals surface area (Å²) < 4.78 is 5.48. The van der Waals surface area contributed by atoms with Gasteiger partial charge in [-0.3, -0.25) is 4.79 Å². The fourth-order valence-electron chi connectivity index (χ4n) is 2.72. The molecule has 1 atom stereocenters. The van der Waals surface area contributed by atoms with Gasteiger partial charge in [-0.1, -0.05) is 25.1 Å². The molecule has 1 aromatic heterocycles. The summed E-state index contributed by atoms with van der Waals surface area (Å²) in [6, 6.07) is 11.5. The lowest BCUT2D eigenvalue weighted by Crippen LogP contribution is -2.39. The minimum atomic E-state index is -0.0938. The molecule has 0 spiro atoms. The van der Waals surface area contributed by atoms with Crippen LogP contribution >= 0.6 is 0 Å². The van der Waals surface area contributed by atoms with E-state index >= 15 is 0 Å². The van der Waals surface area contributed by atoms with E-state index in [1.54, 1.807) is 12.1 Å². The van der Waals surface area contributed by atoms with Gasteiger partial charge in [-0.2, -0.15) is 0 Å². The van der Waals surface area contributed by atoms with Gasteiger partial charge in [-0.05, 0) is 36.1 Å². The molecule has 4 nitrogen and oxygen atoms in total. The Morgan fingerprint density at radius 2 is 2.15 bits per heavy atom. The number of carbonyl (C=O) groups is 1. The van der Waals surface area contributed by atoms with E-state index in [9.17, 15) is 4.79 Å². The van der Waals surface area contributed by atoms with Crippen LogP contribution in [0, 0.1) is 5.92 Å². The predicted octanol–water partition coefficient (Wildman–Crippen LogP) is 2.58. The van der Waals surface area contributed by atoms with Crippen molar-refractivity contribution < 1.29 is 9.21 Å². The van der Waals surface area contributed by atoms with Crippen molar-refractivity contribution in [2.45, 2.75) is 19.9 Å². The zero-order valence-corrected chi connectivity index (χ0v) is 11.5. The second-order valence-corrected chi connectivity index (χ2v) is 5.32. The summed E-state index contributed by atoms with van der Waals surface area (Å²) in [6.45, 7) is 3.18. The molecule has 0 aliphatic carbocycles. The van der Waals surface area contributed by atoms with E-state index in [1.165, 1.54) is 5.56 Å². The second-order valence-electron chi connectivity index (χ2n) is 5.32. The van der Waals surface area contributed by atoms with Gasteiger partial charge in [0.1, 0.15) is 5.76 Å². The molecule has 0 fully saturated rings. The normalized spacial score (nSPS) is 17.9. The van der Waals surface area contributed by atoms with Crippen molar-refractivity contribution in [1.29, 1.82) is 0 Å². The topological polar surface area (TPSA) is 59.5 Å². The molecule has 0 radical (unpaired) electrons. The summed E-state index contributed by atoms with van der Waals surface area (Å²) in [5.41, 5.74) is 7.72. The van der Waals surface area contributed by atoms with Gasteiger partial charge >= 0.3 is 0 Å². The summed E-state index contributed by atoms with van der Waals surface area (Å²) in [5.74, 6) is 1.34. The number of nitrogens with two attached hydrogens (primary N) is 1. The number of carbonyl (C=O) groups excluding carboxylic acids is 1. The quantitative estimate of drug-likeness (QED) is 0.912. The number of benzene rings is 1. The van der Waals surface area contributed by atoms with Gasteiger partial charge in [0.05, 0.1) is 6.54 Å². The molecular weight excluding hydrogens is 252 g/mol. The average molecular weight is 270 g/mol. The fraction of sp³-hybridized carbons (Fsp3) is 0.312. The zero-order chi connectivity index (χ0) is 14.1. The number of hydrogen-bond donors (Lipinski definition) is 1. The molecule has 0 unspecified atom stereocenters. The van der Waals surface area contributed by atoms with Crippen LogP contribution in [0.1, 0.15) is 28.8 Å². The maximum absolute atomic E-state index is 12.6. The third kappa shape index (κ3) is 2.23. The number of fused-ring (bicyclic) bond motifs is 1. The molecule has 20 heavy (non-hydrogen) atoms. The van der Waals surface area contributed by atoms with Crippen molar-refractivity contribution >= 4 is 11.6 Å². The van der Waals surface area contributed by atoms with Gasteiger partial charge < -0.3 is 15.1 Å². The first kappa shape index (κ1) is 12.9. The van der Waals surface area contributed by atoms with Gasteiger partial charge in [-0.15, -0.1) is 0 Å². The first-order valence-electron chi connectivity index (χ1n) is 6.87. The number of furan rings is 1. The Morgan fingerprint density at radius 3 is 2.90 bits per heavy atom. The number of anilines is 1. The van der Waals surface area contributed by atoms with Gasteiger partial charge in [0.2, 0.25) is 0 Å². The minimum Gasteiger partial charge on any atom is -0.455 e. The Balaban J connectivity index is 1.95. The van der Waals surface area contributed by atoms with E-state index in [0.29, 0.717) is 30.5 Å². The zero-order valence-electron chi connectivity index (χ0n) is 11.5. The minimum absolute atomic E-state index is 0.0938. The highest BCUT2D eigenvalue weighted by Gasteiger charge is 2.28. The van der Waals surface area contributed by atoms with Crippen LogP contribution in [0.2, 0.25) is 0 Å². The lowest BCUT2D eigenvalue weighted by atomic mass is 9.94. The van der Waals surface area contributed by atoms with Crippen molar-refractivity contribution in [1.82, 2.24) is 0 Å². The molecule has 1 aliphatic heterocycles. The largest absolute Gasteiger partial charge is 0.455 e.